The zero-order valence-corrected chi connectivity index (χ0v) is 24.4. The van der Waals surface area contributed by atoms with Crippen LogP contribution in [0.25, 0.3) is 43.4 Å². The zero-order valence-electron chi connectivity index (χ0n) is 23.5. The van der Waals surface area contributed by atoms with Gasteiger partial charge in [-0.15, -0.1) is 0 Å². The van der Waals surface area contributed by atoms with Gasteiger partial charge in [-0.1, -0.05) is 35.4 Å². The predicted octanol–water partition coefficient (Wildman–Crippen LogP) is 4.11. The number of rotatable bonds is 14. The average Bonchev–Trinajstić information content (AvgIpc) is 2.96. The number of benzene rings is 3. The molecule has 0 fully saturated rings. The van der Waals surface area contributed by atoms with E-state index >= 15 is 0 Å². The van der Waals surface area contributed by atoms with Crippen LogP contribution in [-0.4, -0.2) is 47.5 Å². The smallest absolute Gasteiger partial charge is 0.327 e. The third-order valence-electron chi connectivity index (χ3n) is 7.04. The van der Waals surface area contributed by atoms with Crippen molar-refractivity contribution in [1.29, 1.82) is 0 Å². The summed E-state index contributed by atoms with van der Waals surface area (Å²) in [4.78, 5) is 38.6. The van der Waals surface area contributed by atoms with E-state index in [2.05, 4.69) is 14.6 Å². The number of aliphatic carboxylic acids is 1. The molecule has 44 heavy (non-hydrogen) atoms. The first kappa shape index (κ1) is 31.9. The molecule has 0 saturated heterocycles. The molecular weight excluding hydrogens is 588 g/mol. The number of unbranched alkanes of at least 4 members (excludes halogenated alkanes) is 2. The number of nitrogens with two attached hydrogens (primary N) is 1. The summed E-state index contributed by atoms with van der Waals surface area (Å²) in [5, 5.41) is 17.6. The van der Waals surface area contributed by atoms with E-state index in [4.69, 9.17) is 16.4 Å². The van der Waals surface area contributed by atoms with Crippen LogP contribution in [0.15, 0.2) is 71.8 Å². The van der Waals surface area contributed by atoms with E-state index in [1.165, 1.54) is 0 Å². The average molecular weight is 619 g/mol. The van der Waals surface area contributed by atoms with Gasteiger partial charge in [-0.25, -0.2) is 13.2 Å². The highest BCUT2D eigenvalue weighted by molar-refractivity contribution is 7.85. The second-order valence-electron chi connectivity index (χ2n) is 10.3. The van der Waals surface area contributed by atoms with E-state index in [9.17, 15) is 27.4 Å². The van der Waals surface area contributed by atoms with Crippen molar-refractivity contribution in [2.45, 2.75) is 44.7 Å². The van der Waals surface area contributed by atoms with Crippen LogP contribution in [0, 0.1) is 0 Å². The monoisotopic (exact) mass is 618 g/mol. The van der Waals surface area contributed by atoms with Crippen molar-refractivity contribution < 1.29 is 37.0 Å². The molecule has 0 saturated carbocycles. The number of carbonyl (C=O) groups is 3. The number of Topliss-reactive ketones (excluding diaryl/α,β-unsaturated/α-hetero) is 1. The summed E-state index contributed by atoms with van der Waals surface area (Å²) in [7, 11) is -4.90. The van der Waals surface area contributed by atoms with Gasteiger partial charge in [0.25, 0.3) is 0 Å². The molecule has 0 aliphatic heterocycles. The molecule has 4 aromatic rings. The number of fused-ring (bicyclic) bond motifs is 3. The molecule has 0 bridgehead atoms. The molecule has 1 atom stereocenters. The van der Waals surface area contributed by atoms with Gasteiger partial charge in [-0.3, -0.25) is 9.59 Å². The molecule has 0 aliphatic carbocycles. The summed E-state index contributed by atoms with van der Waals surface area (Å²) in [6.07, 6.45) is 1.15. The Morgan fingerprint density at radius 1 is 1.00 bits per heavy atom. The number of azide groups is 1. The van der Waals surface area contributed by atoms with Crippen molar-refractivity contribution in [2.24, 2.45) is 5.11 Å². The van der Waals surface area contributed by atoms with Crippen LogP contribution >= 0.6 is 0 Å². The Kier molecular flexibility index (Phi) is 10.1. The summed E-state index contributed by atoms with van der Waals surface area (Å²) in [5.74, 6) is -4.41. The molecular formula is C30H30N6O7S. The van der Waals surface area contributed by atoms with Gasteiger partial charge in [0.1, 0.15) is 18.4 Å². The number of nitrogen functional groups attached to an aromatic ring is 1. The summed E-state index contributed by atoms with van der Waals surface area (Å²) < 4.78 is 34.8. The number of nitrogens with zero attached hydrogens (tertiary/aromatic N) is 4. The van der Waals surface area contributed by atoms with Crippen LogP contribution in [0.3, 0.4) is 0 Å². The van der Waals surface area contributed by atoms with Gasteiger partial charge in [-0.05, 0) is 48.7 Å². The summed E-state index contributed by atoms with van der Waals surface area (Å²) >= 11 is 0. The Balaban J connectivity index is 1.52. The van der Waals surface area contributed by atoms with Crippen LogP contribution in [0.1, 0.15) is 32.1 Å². The minimum absolute atomic E-state index is 0.0528. The molecule has 1 aromatic heterocycles. The molecule has 0 spiro atoms. The first-order chi connectivity index (χ1) is 21.0. The van der Waals surface area contributed by atoms with Crippen LogP contribution in [0.4, 0.5) is 11.4 Å². The Morgan fingerprint density at radius 2 is 1.73 bits per heavy atom. The summed E-state index contributed by atoms with van der Waals surface area (Å²) in [6, 6.07) is 19.1. The van der Waals surface area contributed by atoms with Crippen molar-refractivity contribution >= 4 is 60.8 Å². The summed E-state index contributed by atoms with van der Waals surface area (Å²) in [6.45, 7) is 0.545. The third kappa shape index (κ3) is 8.07. The fourth-order valence-electron chi connectivity index (χ4n) is 5.14. The van der Waals surface area contributed by atoms with E-state index < -0.39 is 46.0 Å². The van der Waals surface area contributed by atoms with Gasteiger partial charge >= 0.3 is 5.97 Å². The second kappa shape index (κ2) is 14.0. The van der Waals surface area contributed by atoms with E-state index in [0.29, 0.717) is 37.2 Å². The Morgan fingerprint density at radius 3 is 2.41 bits per heavy atom. The molecule has 1 amide bonds. The fourth-order valence-corrected chi connectivity index (χ4v) is 5.78. The first-order valence-electron chi connectivity index (χ1n) is 13.7. The first-order valence-corrected chi connectivity index (χ1v) is 15.3. The summed E-state index contributed by atoms with van der Waals surface area (Å²) in [5.41, 5.74) is 19.1. The number of hydrogen-bond acceptors (Lipinski definition) is 8. The lowest BCUT2D eigenvalue weighted by Crippen LogP contribution is -2.45. The van der Waals surface area contributed by atoms with E-state index in [-0.39, 0.29) is 6.42 Å². The molecule has 13 nitrogen and oxygen atoms in total. The minimum Gasteiger partial charge on any atom is -0.748 e. The molecule has 0 radical (unpaired) electrons. The molecule has 1 heterocycles. The third-order valence-corrected chi connectivity index (χ3v) is 7.78. The number of pyridine rings is 1. The minimum atomic E-state index is -4.90. The molecule has 4 rings (SSSR count). The van der Waals surface area contributed by atoms with E-state index in [1.807, 2.05) is 66.0 Å². The Bertz CT molecular complexity index is 1890. The van der Waals surface area contributed by atoms with E-state index in [0.717, 1.165) is 32.9 Å². The highest BCUT2D eigenvalue weighted by atomic mass is 32.2. The van der Waals surface area contributed by atoms with Gasteiger partial charge < -0.3 is 20.7 Å². The quantitative estimate of drug-likeness (QED) is 0.0214. The normalized spacial score (nSPS) is 12.0. The van der Waals surface area contributed by atoms with Gasteiger partial charge in [0, 0.05) is 46.1 Å². The van der Waals surface area contributed by atoms with Gasteiger partial charge in [0.05, 0.1) is 33.1 Å². The maximum atomic E-state index is 12.4. The number of aryl methyl sites for hydroxylation is 1. The van der Waals surface area contributed by atoms with Crippen LogP contribution in [0.5, 0.6) is 0 Å². The largest absolute Gasteiger partial charge is 0.748 e. The second-order valence-corrected chi connectivity index (χ2v) is 11.7. The number of carboxylic acid groups (broad SMARTS) is 1. The van der Waals surface area contributed by atoms with Crippen LogP contribution in [0.2, 0.25) is 0 Å². The van der Waals surface area contributed by atoms with Crippen molar-refractivity contribution in [3.8, 4) is 11.3 Å². The number of ketones is 1. The SMILES string of the molecule is [N-]=[N+]=Nc1ccc2c3ccc(N)cc3c(-c3ccccc3)[n+](CCCCCC(=O)CC(=O)N[C@@H](CS(=O)(=O)[O-])C(=O)O)c2c1. The van der Waals surface area contributed by atoms with Crippen molar-refractivity contribution in [3.05, 3.63) is 77.2 Å². The molecule has 0 aliphatic rings. The van der Waals surface area contributed by atoms with Crippen molar-refractivity contribution in [3.63, 3.8) is 0 Å². The lowest BCUT2D eigenvalue weighted by Gasteiger charge is -2.16. The van der Waals surface area contributed by atoms with Gasteiger partial charge in [-0.2, -0.15) is 4.57 Å². The van der Waals surface area contributed by atoms with E-state index in [1.54, 1.807) is 6.07 Å². The molecule has 228 valence electrons. The number of carboxylic acids is 1. The van der Waals surface area contributed by atoms with Crippen molar-refractivity contribution in [1.82, 2.24) is 5.32 Å². The fraction of sp³-hybridized carbons (Fsp3) is 0.267. The molecule has 3 aromatic carbocycles. The maximum absolute atomic E-state index is 12.4. The number of anilines is 1. The topological polar surface area (TPSA) is 219 Å². The number of nitrogens with one attached hydrogen (secondary N) is 1. The Labute approximate surface area is 252 Å². The van der Waals surface area contributed by atoms with Gasteiger partial charge in [0.15, 0.2) is 0 Å². The zero-order chi connectivity index (χ0) is 31.9. The lowest BCUT2D eigenvalue weighted by molar-refractivity contribution is -0.659. The molecule has 0 unspecified atom stereocenters. The standard InChI is InChI=1S/C30H30N6O7S/c31-20-10-12-23-24-13-11-21(34-35-32)16-27(24)36(29(25(23)15-20)19-7-3-1-4-8-19)14-6-2-5-9-22(37)17-28(38)33-26(30(39)40)18-44(41,42)43/h1,3-4,7-8,10-13,15-16,26H,2,5-6,9,14,17-18,31H2,(H2-,33,38,39,40,41,42,43)/t26-/m0/s1. The van der Waals surface area contributed by atoms with Crippen LogP contribution in [-0.2, 0) is 31.0 Å². The number of aromatic nitrogens is 1. The van der Waals surface area contributed by atoms with Crippen LogP contribution < -0.4 is 15.6 Å². The van der Waals surface area contributed by atoms with Crippen molar-refractivity contribution in [2.75, 3.05) is 11.5 Å². The molecule has 4 N–H and O–H groups in total. The molecule has 14 heteroatoms. The highest BCUT2D eigenvalue weighted by Crippen LogP contribution is 2.34. The number of hydrogen-bond donors (Lipinski definition) is 3. The lowest BCUT2D eigenvalue weighted by atomic mass is 9.98. The Hall–Kier alpha value is -5.04. The maximum Gasteiger partial charge on any atom is 0.327 e. The predicted molar refractivity (Wildman–Crippen MR) is 163 cm³/mol. The number of carbonyl (C=O) groups excluding carboxylic acids is 2. The van der Waals surface area contributed by atoms with Gasteiger partial charge in [0.2, 0.25) is 17.1 Å². The highest BCUT2D eigenvalue weighted by Gasteiger charge is 2.25. The number of amides is 1.